The molecule has 2 rings (SSSR count). The number of nitrogen functional groups attached to an aromatic ring is 1. The maximum atomic E-state index is 11.3. The highest BCUT2D eigenvalue weighted by molar-refractivity contribution is 7.99. The van der Waals surface area contributed by atoms with Gasteiger partial charge in [-0.15, -0.1) is 0 Å². The number of H-pyrrole nitrogens is 1. The van der Waals surface area contributed by atoms with E-state index in [1.54, 1.807) is 6.92 Å². The number of nitrogens with zero attached hydrogens (tertiary/aromatic N) is 1. The summed E-state index contributed by atoms with van der Waals surface area (Å²) in [6, 6.07) is 5.51. The SMILES string of the molecule is Cc1cc(=O)[nH]c(Sc2ccc(S(N)(=O)=O)cc2N)n1. The van der Waals surface area contributed by atoms with Gasteiger partial charge in [-0.2, -0.15) is 0 Å². The van der Waals surface area contributed by atoms with Gasteiger partial charge in [0.1, 0.15) is 0 Å². The predicted octanol–water partition coefficient (Wildman–Crippen LogP) is 0.459. The number of anilines is 1. The number of aromatic amines is 1. The molecule has 1 aromatic heterocycles. The van der Waals surface area contributed by atoms with Crippen LogP contribution in [-0.2, 0) is 10.0 Å². The van der Waals surface area contributed by atoms with Gasteiger partial charge >= 0.3 is 0 Å². The zero-order valence-corrected chi connectivity index (χ0v) is 12.1. The van der Waals surface area contributed by atoms with Gasteiger partial charge in [-0.3, -0.25) is 4.79 Å². The van der Waals surface area contributed by atoms with Gasteiger partial charge in [-0.25, -0.2) is 18.5 Å². The van der Waals surface area contributed by atoms with Crippen molar-refractivity contribution in [2.24, 2.45) is 5.14 Å². The monoisotopic (exact) mass is 312 g/mol. The van der Waals surface area contributed by atoms with Crippen LogP contribution in [0.1, 0.15) is 5.69 Å². The molecule has 2 aromatic rings. The molecule has 0 fully saturated rings. The van der Waals surface area contributed by atoms with Crippen LogP contribution in [0, 0.1) is 6.92 Å². The van der Waals surface area contributed by atoms with Gasteiger partial charge in [-0.1, -0.05) is 0 Å². The number of aryl methyl sites for hydroxylation is 1. The predicted molar refractivity (Wildman–Crippen MR) is 75.9 cm³/mol. The largest absolute Gasteiger partial charge is 0.398 e. The Morgan fingerprint density at radius 1 is 1.30 bits per heavy atom. The lowest BCUT2D eigenvalue weighted by molar-refractivity contribution is 0.598. The van der Waals surface area contributed by atoms with E-state index in [2.05, 4.69) is 9.97 Å². The average Bonchev–Trinajstić information content (AvgIpc) is 2.29. The zero-order chi connectivity index (χ0) is 14.9. The molecule has 0 aliphatic carbocycles. The van der Waals surface area contributed by atoms with Crippen molar-refractivity contribution in [1.29, 1.82) is 0 Å². The lowest BCUT2D eigenvalue weighted by atomic mass is 10.3. The Morgan fingerprint density at radius 3 is 2.55 bits per heavy atom. The van der Waals surface area contributed by atoms with E-state index in [4.69, 9.17) is 10.9 Å². The lowest BCUT2D eigenvalue weighted by Gasteiger charge is -2.06. The third-order valence-electron chi connectivity index (χ3n) is 2.36. The first-order chi connectivity index (χ1) is 9.25. The van der Waals surface area contributed by atoms with Gasteiger partial charge in [0.15, 0.2) is 5.16 Å². The van der Waals surface area contributed by atoms with Gasteiger partial charge < -0.3 is 10.7 Å². The van der Waals surface area contributed by atoms with Gasteiger partial charge in [0, 0.05) is 22.3 Å². The highest BCUT2D eigenvalue weighted by Gasteiger charge is 2.11. The second kappa shape index (κ2) is 5.27. The van der Waals surface area contributed by atoms with E-state index in [0.29, 0.717) is 15.7 Å². The second-order valence-corrected chi connectivity index (χ2v) is 6.63. The Labute approximate surface area is 119 Å². The highest BCUT2D eigenvalue weighted by Crippen LogP contribution is 2.30. The molecule has 9 heteroatoms. The van der Waals surface area contributed by atoms with Crippen molar-refractivity contribution in [1.82, 2.24) is 9.97 Å². The van der Waals surface area contributed by atoms with Crippen LogP contribution >= 0.6 is 11.8 Å². The summed E-state index contributed by atoms with van der Waals surface area (Å²) in [5.74, 6) is 0. The van der Waals surface area contributed by atoms with Crippen LogP contribution in [0.2, 0.25) is 0 Å². The Balaban J connectivity index is 2.37. The van der Waals surface area contributed by atoms with Crippen LogP contribution in [0.25, 0.3) is 0 Å². The summed E-state index contributed by atoms with van der Waals surface area (Å²) in [6.07, 6.45) is 0. The topological polar surface area (TPSA) is 132 Å². The Bertz CT molecular complexity index is 815. The first kappa shape index (κ1) is 14.6. The first-order valence-electron chi connectivity index (χ1n) is 5.44. The average molecular weight is 312 g/mol. The van der Waals surface area contributed by atoms with Crippen LogP contribution in [0.4, 0.5) is 5.69 Å². The number of primary sulfonamides is 1. The number of rotatable bonds is 3. The van der Waals surface area contributed by atoms with Crippen molar-refractivity contribution in [3.8, 4) is 0 Å². The molecule has 5 N–H and O–H groups in total. The number of nitrogens with two attached hydrogens (primary N) is 2. The minimum absolute atomic E-state index is 0.0648. The van der Waals surface area contributed by atoms with E-state index in [9.17, 15) is 13.2 Å². The van der Waals surface area contributed by atoms with Crippen LogP contribution in [0.15, 0.2) is 44.0 Å². The number of hydrogen-bond acceptors (Lipinski definition) is 6. The molecule has 1 heterocycles. The van der Waals surface area contributed by atoms with E-state index in [1.165, 1.54) is 24.3 Å². The fourth-order valence-electron chi connectivity index (χ4n) is 1.50. The molecule has 1 aromatic carbocycles. The number of hydrogen-bond donors (Lipinski definition) is 3. The molecule has 0 atom stereocenters. The fourth-order valence-corrected chi connectivity index (χ4v) is 2.91. The summed E-state index contributed by atoms with van der Waals surface area (Å²) in [4.78, 5) is 18.6. The quantitative estimate of drug-likeness (QED) is 0.557. The van der Waals surface area contributed by atoms with E-state index >= 15 is 0 Å². The van der Waals surface area contributed by atoms with E-state index in [1.807, 2.05) is 0 Å². The van der Waals surface area contributed by atoms with Crippen molar-refractivity contribution in [2.45, 2.75) is 21.9 Å². The summed E-state index contributed by atoms with van der Waals surface area (Å²) in [6.45, 7) is 1.70. The summed E-state index contributed by atoms with van der Waals surface area (Å²) >= 11 is 1.13. The number of aromatic nitrogens is 2. The van der Waals surface area contributed by atoms with Crippen LogP contribution < -0.4 is 16.4 Å². The van der Waals surface area contributed by atoms with Gasteiger partial charge in [-0.05, 0) is 36.9 Å². The third kappa shape index (κ3) is 3.38. The molecule has 20 heavy (non-hydrogen) atoms. The smallest absolute Gasteiger partial charge is 0.251 e. The van der Waals surface area contributed by atoms with Crippen LogP contribution in [0.5, 0.6) is 0 Å². The maximum Gasteiger partial charge on any atom is 0.251 e. The van der Waals surface area contributed by atoms with Crippen molar-refractivity contribution < 1.29 is 8.42 Å². The molecule has 0 amide bonds. The van der Waals surface area contributed by atoms with E-state index in [-0.39, 0.29) is 16.1 Å². The minimum Gasteiger partial charge on any atom is -0.398 e. The van der Waals surface area contributed by atoms with Gasteiger partial charge in [0.2, 0.25) is 10.0 Å². The van der Waals surface area contributed by atoms with Crippen molar-refractivity contribution in [3.63, 3.8) is 0 Å². The normalized spacial score (nSPS) is 11.5. The molecule has 7 nitrogen and oxygen atoms in total. The molecule has 0 aliphatic heterocycles. The second-order valence-electron chi connectivity index (χ2n) is 4.04. The fraction of sp³-hybridized carbons (Fsp3) is 0.0909. The minimum atomic E-state index is -3.79. The molecule has 0 unspecified atom stereocenters. The summed E-state index contributed by atoms with van der Waals surface area (Å²) in [7, 11) is -3.79. The molecule has 0 saturated carbocycles. The first-order valence-corrected chi connectivity index (χ1v) is 7.80. The van der Waals surface area contributed by atoms with E-state index in [0.717, 1.165) is 11.8 Å². The van der Waals surface area contributed by atoms with Crippen LogP contribution in [-0.4, -0.2) is 18.4 Å². The van der Waals surface area contributed by atoms with E-state index < -0.39 is 10.0 Å². The van der Waals surface area contributed by atoms with Gasteiger partial charge in [0.05, 0.1) is 4.90 Å². The molecular weight excluding hydrogens is 300 g/mol. The lowest BCUT2D eigenvalue weighted by Crippen LogP contribution is -2.12. The summed E-state index contributed by atoms with van der Waals surface area (Å²) < 4.78 is 22.4. The van der Waals surface area contributed by atoms with Gasteiger partial charge in [0.25, 0.3) is 5.56 Å². The molecule has 0 saturated heterocycles. The molecular formula is C11H12N4O3S2. The number of sulfonamides is 1. The number of benzene rings is 1. The molecule has 0 bridgehead atoms. The maximum absolute atomic E-state index is 11.3. The zero-order valence-electron chi connectivity index (χ0n) is 10.5. The highest BCUT2D eigenvalue weighted by atomic mass is 32.2. The van der Waals surface area contributed by atoms with Crippen molar-refractivity contribution in [2.75, 3.05) is 5.73 Å². The summed E-state index contributed by atoms with van der Waals surface area (Å²) in [5.41, 5.74) is 6.34. The Hall–Kier alpha value is -1.84. The standard InChI is InChI=1S/C11H12N4O3S2/c1-6-4-10(16)15-11(14-6)19-9-3-2-7(5-8(9)12)20(13,17)18/h2-5H,12H2,1H3,(H2,13,17,18)(H,14,15,16). The molecule has 0 aliphatic rings. The summed E-state index contributed by atoms with van der Waals surface area (Å²) in [5, 5.41) is 5.40. The molecule has 0 radical (unpaired) electrons. The molecule has 106 valence electrons. The Kier molecular flexibility index (Phi) is 3.84. The van der Waals surface area contributed by atoms with Crippen molar-refractivity contribution >= 4 is 27.5 Å². The number of nitrogens with one attached hydrogen (secondary N) is 1. The van der Waals surface area contributed by atoms with Crippen LogP contribution in [0.3, 0.4) is 0 Å². The van der Waals surface area contributed by atoms with Crippen molar-refractivity contribution in [3.05, 3.63) is 40.3 Å². The Morgan fingerprint density at radius 2 is 2.00 bits per heavy atom. The third-order valence-corrected chi connectivity index (χ3v) is 4.25. The molecule has 0 spiro atoms.